The molecular weight excluding hydrogens is 462 g/mol. The lowest BCUT2D eigenvalue weighted by atomic mass is 10.2. The van der Waals surface area contributed by atoms with Gasteiger partial charge in [0.1, 0.15) is 11.5 Å². The Labute approximate surface area is 197 Å². The Balaban J connectivity index is 1.60. The smallest absolute Gasteiger partial charge is 0.311 e. The van der Waals surface area contributed by atoms with Crippen LogP contribution in [0.15, 0.2) is 66.9 Å². The van der Waals surface area contributed by atoms with Crippen LogP contribution < -0.4 is 14.2 Å². The van der Waals surface area contributed by atoms with Gasteiger partial charge in [-0.2, -0.15) is 8.42 Å². The molecule has 4 rings (SSSR count). The lowest BCUT2D eigenvalue weighted by molar-refractivity contribution is 0.470. The lowest BCUT2D eigenvalue weighted by Crippen LogP contribution is -2.19. The lowest BCUT2D eigenvalue weighted by Gasteiger charge is -2.15. The van der Waals surface area contributed by atoms with Crippen molar-refractivity contribution in [3.8, 4) is 17.2 Å². The highest BCUT2D eigenvalue weighted by molar-refractivity contribution is 7.87. The van der Waals surface area contributed by atoms with Gasteiger partial charge in [-0.25, -0.2) is 9.97 Å². The largest absolute Gasteiger partial charge is 0.455 e. The van der Waals surface area contributed by atoms with Crippen LogP contribution in [-0.4, -0.2) is 23.6 Å². The van der Waals surface area contributed by atoms with Crippen LogP contribution in [0.4, 0.5) is 11.4 Å². The first-order chi connectivity index (χ1) is 15.7. The standard InChI is InChI=1S/C24H22ClN3O4S/c1-15(2)33(29,30)32-19-8-6-18(7-9-19)31-23-11-5-17(25)14-22(23)28-21-12-13-26-24-20(21)10-4-16(3)27-24/h4-15H,1-3H3,(H,26,27,28). The topological polar surface area (TPSA) is 90.4 Å². The first-order valence-electron chi connectivity index (χ1n) is 10.2. The van der Waals surface area contributed by atoms with Crippen LogP contribution in [0, 0.1) is 6.92 Å². The summed E-state index contributed by atoms with van der Waals surface area (Å²) in [5.41, 5.74) is 2.98. The van der Waals surface area contributed by atoms with E-state index in [1.54, 1.807) is 62.5 Å². The molecule has 0 amide bonds. The first-order valence-corrected chi connectivity index (χ1v) is 12.1. The van der Waals surface area contributed by atoms with Gasteiger partial charge >= 0.3 is 10.1 Å². The third-order valence-electron chi connectivity index (χ3n) is 4.79. The van der Waals surface area contributed by atoms with Crippen LogP contribution in [0.2, 0.25) is 5.02 Å². The fraction of sp³-hybridized carbons (Fsp3) is 0.167. The van der Waals surface area contributed by atoms with Crippen LogP contribution in [0.25, 0.3) is 11.0 Å². The fourth-order valence-electron chi connectivity index (χ4n) is 2.99. The minimum absolute atomic E-state index is 0.219. The number of anilines is 2. The molecule has 0 aliphatic heterocycles. The Morgan fingerprint density at radius 2 is 1.67 bits per heavy atom. The predicted molar refractivity (Wildman–Crippen MR) is 130 cm³/mol. The van der Waals surface area contributed by atoms with Gasteiger partial charge in [-0.1, -0.05) is 11.6 Å². The van der Waals surface area contributed by atoms with E-state index >= 15 is 0 Å². The van der Waals surface area contributed by atoms with Crippen molar-refractivity contribution in [2.45, 2.75) is 26.0 Å². The summed E-state index contributed by atoms with van der Waals surface area (Å²) in [5.74, 6) is 1.26. The summed E-state index contributed by atoms with van der Waals surface area (Å²) in [5, 5.41) is 4.12. The molecule has 0 saturated heterocycles. The number of halogens is 1. The Kier molecular flexibility index (Phi) is 6.40. The highest BCUT2D eigenvalue weighted by Gasteiger charge is 2.18. The number of nitrogens with zero attached hydrogens (tertiary/aromatic N) is 2. The van der Waals surface area contributed by atoms with Crippen molar-refractivity contribution >= 4 is 44.1 Å². The minimum atomic E-state index is -3.67. The molecule has 0 bridgehead atoms. The van der Waals surface area contributed by atoms with Gasteiger partial charge in [0.05, 0.1) is 16.6 Å². The van der Waals surface area contributed by atoms with E-state index in [0.717, 1.165) is 16.8 Å². The van der Waals surface area contributed by atoms with E-state index in [1.165, 1.54) is 0 Å². The molecule has 1 N–H and O–H groups in total. The average Bonchev–Trinajstić information content (AvgIpc) is 2.76. The number of hydrogen-bond acceptors (Lipinski definition) is 7. The van der Waals surface area contributed by atoms with Crippen molar-refractivity contribution < 1.29 is 17.3 Å². The number of ether oxygens (including phenoxy) is 1. The molecule has 0 unspecified atom stereocenters. The number of rotatable bonds is 7. The van der Waals surface area contributed by atoms with E-state index < -0.39 is 15.4 Å². The second-order valence-electron chi connectivity index (χ2n) is 7.65. The molecule has 0 atom stereocenters. The molecule has 0 spiro atoms. The minimum Gasteiger partial charge on any atom is -0.455 e. The van der Waals surface area contributed by atoms with Gasteiger partial charge in [-0.15, -0.1) is 0 Å². The summed E-state index contributed by atoms with van der Waals surface area (Å²) in [4.78, 5) is 8.80. The Bertz CT molecular complexity index is 1410. The van der Waals surface area contributed by atoms with Crippen LogP contribution in [0.3, 0.4) is 0 Å². The molecule has 4 aromatic rings. The third-order valence-corrected chi connectivity index (χ3v) is 6.61. The Morgan fingerprint density at radius 1 is 0.939 bits per heavy atom. The maximum absolute atomic E-state index is 12.0. The van der Waals surface area contributed by atoms with Crippen molar-refractivity contribution in [1.82, 2.24) is 9.97 Å². The molecule has 2 aromatic carbocycles. The summed E-state index contributed by atoms with van der Waals surface area (Å²) >= 11 is 6.24. The van der Waals surface area contributed by atoms with Crippen molar-refractivity contribution in [3.05, 3.63) is 77.6 Å². The number of hydrogen-bond donors (Lipinski definition) is 1. The molecular formula is C24H22ClN3O4S. The van der Waals surface area contributed by atoms with Crippen molar-refractivity contribution in [2.75, 3.05) is 5.32 Å². The van der Waals surface area contributed by atoms with Crippen LogP contribution >= 0.6 is 11.6 Å². The number of pyridine rings is 2. The highest BCUT2D eigenvalue weighted by atomic mass is 35.5. The SMILES string of the molecule is Cc1ccc2c(Nc3cc(Cl)ccc3Oc3ccc(OS(=O)(=O)C(C)C)cc3)ccnc2n1. The summed E-state index contributed by atoms with van der Waals surface area (Å²) in [6.45, 7) is 5.04. The van der Waals surface area contributed by atoms with Crippen LogP contribution in [0.5, 0.6) is 17.2 Å². The van der Waals surface area contributed by atoms with Crippen LogP contribution in [-0.2, 0) is 10.1 Å². The second-order valence-corrected chi connectivity index (χ2v) is 10.2. The molecule has 0 aliphatic rings. The maximum atomic E-state index is 12.0. The van der Waals surface area contributed by atoms with Gasteiger partial charge in [-0.05, 0) is 81.4 Å². The monoisotopic (exact) mass is 483 g/mol. The van der Waals surface area contributed by atoms with E-state index in [-0.39, 0.29) is 5.75 Å². The summed E-state index contributed by atoms with van der Waals surface area (Å²) in [6, 6.07) is 17.3. The van der Waals surface area contributed by atoms with Crippen molar-refractivity contribution in [2.24, 2.45) is 0 Å². The van der Waals surface area contributed by atoms with Gasteiger partial charge in [-0.3, -0.25) is 0 Å². The van der Waals surface area contributed by atoms with E-state index in [4.69, 9.17) is 20.5 Å². The molecule has 0 fully saturated rings. The molecule has 0 saturated carbocycles. The zero-order valence-corrected chi connectivity index (χ0v) is 19.8. The fourth-order valence-corrected chi connectivity index (χ4v) is 3.73. The summed E-state index contributed by atoms with van der Waals surface area (Å²) in [7, 11) is -3.67. The molecule has 7 nitrogen and oxygen atoms in total. The normalized spacial score (nSPS) is 11.5. The van der Waals surface area contributed by atoms with E-state index in [9.17, 15) is 8.42 Å². The van der Waals surface area contributed by atoms with Gasteiger partial charge < -0.3 is 14.2 Å². The molecule has 170 valence electrons. The predicted octanol–water partition coefficient (Wildman–Crippen LogP) is 6.24. The quantitative estimate of drug-likeness (QED) is 0.311. The second kappa shape index (κ2) is 9.25. The van der Waals surface area contributed by atoms with Crippen LogP contribution in [0.1, 0.15) is 19.5 Å². The van der Waals surface area contributed by atoms with E-state index in [1.807, 2.05) is 25.1 Å². The zero-order chi connectivity index (χ0) is 23.6. The van der Waals surface area contributed by atoms with E-state index in [0.29, 0.717) is 27.9 Å². The highest BCUT2D eigenvalue weighted by Crippen LogP contribution is 2.36. The van der Waals surface area contributed by atoms with Crippen molar-refractivity contribution in [3.63, 3.8) is 0 Å². The molecule has 33 heavy (non-hydrogen) atoms. The van der Waals surface area contributed by atoms with Gasteiger partial charge in [0.15, 0.2) is 11.4 Å². The zero-order valence-electron chi connectivity index (χ0n) is 18.2. The Morgan fingerprint density at radius 3 is 2.39 bits per heavy atom. The average molecular weight is 484 g/mol. The molecule has 9 heteroatoms. The number of nitrogens with one attached hydrogen (secondary N) is 1. The molecule has 2 heterocycles. The van der Waals surface area contributed by atoms with Gasteiger partial charge in [0, 0.05) is 22.3 Å². The van der Waals surface area contributed by atoms with Crippen molar-refractivity contribution in [1.29, 1.82) is 0 Å². The molecule has 0 aliphatic carbocycles. The van der Waals surface area contributed by atoms with Gasteiger partial charge in [0.25, 0.3) is 0 Å². The first kappa shape index (κ1) is 22.8. The van der Waals surface area contributed by atoms with E-state index in [2.05, 4.69) is 15.3 Å². The number of benzene rings is 2. The number of fused-ring (bicyclic) bond motifs is 1. The third kappa shape index (κ3) is 5.35. The van der Waals surface area contributed by atoms with Gasteiger partial charge in [0.2, 0.25) is 0 Å². The Hall–Kier alpha value is -3.36. The molecule has 2 aromatic heterocycles. The summed E-state index contributed by atoms with van der Waals surface area (Å²) in [6.07, 6.45) is 1.69. The number of aromatic nitrogens is 2. The summed E-state index contributed by atoms with van der Waals surface area (Å²) < 4.78 is 35.1. The molecule has 0 radical (unpaired) electrons. The number of aryl methyl sites for hydroxylation is 1. The maximum Gasteiger partial charge on any atom is 0.311 e.